The van der Waals surface area contributed by atoms with Gasteiger partial charge in [-0.2, -0.15) is 5.10 Å². The molecule has 0 unspecified atom stereocenters. The summed E-state index contributed by atoms with van der Waals surface area (Å²) >= 11 is 3.36. The zero-order valence-corrected chi connectivity index (χ0v) is 9.13. The Kier molecular flexibility index (Phi) is 2.58. The summed E-state index contributed by atoms with van der Waals surface area (Å²) < 4.78 is 2.81. The molecule has 0 radical (unpaired) electrons. The first-order chi connectivity index (χ1) is 6.27. The lowest BCUT2D eigenvalue weighted by Gasteiger charge is -2.09. The van der Waals surface area contributed by atoms with E-state index in [9.17, 15) is 0 Å². The van der Waals surface area contributed by atoms with E-state index in [1.807, 2.05) is 4.68 Å². The van der Waals surface area contributed by atoms with Crippen LogP contribution >= 0.6 is 15.9 Å². The van der Waals surface area contributed by atoms with Crippen molar-refractivity contribution in [1.82, 2.24) is 9.78 Å². The molecular weight excluding hydrogens is 230 g/mol. The minimum atomic E-state index is 0.756. The Bertz CT molecular complexity index is 289. The fourth-order valence-corrected chi connectivity index (χ4v) is 2.25. The van der Waals surface area contributed by atoms with Crippen LogP contribution in [0.1, 0.15) is 25.7 Å². The molecule has 0 aromatic carbocycles. The fourth-order valence-electron chi connectivity index (χ4n) is 1.96. The minimum absolute atomic E-state index is 0.756. The lowest BCUT2D eigenvalue weighted by Crippen LogP contribution is -2.11. The molecule has 2 N–H and O–H groups in total. The van der Waals surface area contributed by atoms with Crippen LogP contribution in [0.2, 0.25) is 0 Å². The second kappa shape index (κ2) is 3.70. The molecule has 2 rings (SSSR count). The van der Waals surface area contributed by atoms with E-state index < -0.39 is 0 Å². The van der Waals surface area contributed by atoms with Gasteiger partial charge in [-0.05, 0) is 34.7 Å². The van der Waals surface area contributed by atoms with Crippen molar-refractivity contribution in [3.63, 3.8) is 0 Å². The van der Waals surface area contributed by atoms with Crippen molar-refractivity contribution in [2.45, 2.75) is 32.2 Å². The summed E-state index contributed by atoms with van der Waals surface area (Å²) in [4.78, 5) is 0. The number of hydrogen-bond acceptors (Lipinski definition) is 2. The number of aromatic nitrogens is 2. The van der Waals surface area contributed by atoms with Gasteiger partial charge in [0, 0.05) is 6.54 Å². The summed E-state index contributed by atoms with van der Waals surface area (Å²) in [5.41, 5.74) is 5.83. The van der Waals surface area contributed by atoms with Crippen LogP contribution in [0.3, 0.4) is 0 Å². The number of rotatable bonds is 2. The molecule has 1 heterocycles. The lowest BCUT2D eigenvalue weighted by molar-refractivity contribution is 0.433. The fraction of sp³-hybridized carbons (Fsp3) is 0.667. The molecule has 1 fully saturated rings. The Hall–Kier alpha value is -0.510. The Balaban J connectivity index is 2.04. The van der Waals surface area contributed by atoms with Crippen molar-refractivity contribution in [1.29, 1.82) is 0 Å². The molecule has 0 amide bonds. The molecule has 0 spiro atoms. The van der Waals surface area contributed by atoms with Gasteiger partial charge in [0.15, 0.2) is 0 Å². The van der Waals surface area contributed by atoms with Crippen molar-refractivity contribution in [2.75, 3.05) is 5.73 Å². The van der Waals surface area contributed by atoms with Crippen LogP contribution in [0.5, 0.6) is 0 Å². The Morgan fingerprint density at radius 3 is 2.77 bits per heavy atom. The summed E-state index contributed by atoms with van der Waals surface area (Å²) in [6.45, 7) is 0.984. The smallest absolute Gasteiger partial charge is 0.136 e. The van der Waals surface area contributed by atoms with E-state index in [0.717, 1.165) is 22.8 Å². The third-order valence-electron chi connectivity index (χ3n) is 2.74. The molecule has 1 aromatic rings. The molecule has 0 atom stereocenters. The number of nitrogens with zero attached hydrogens (tertiary/aromatic N) is 2. The lowest BCUT2D eigenvalue weighted by atomic mass is 10.1. The second-order valence-electron chi connectivity index (χ2n) is 3.71. The van der Waals surface area contributed by atoms with Gasteiger partial charge in [-0.3, -0.25) is 0 Å². The molecule has 1 saturated carbocycles. The molecule has 1 aromatic heterocycles. The van der Waals surface area contributed by atoms with Crippen LogP contribution in [0, 0.1) is 5.92 Å². The van der Waals surface area contributed by atoms with Crippen LogP contribution in [0.4, 0.5) is 5.82 Å². The number of hydrogen-bond donors (Lipinski definition) is 1. The molecule has 13 heavy (non-hydrogen) atoms. The van der Waals surface area contributed by atoms with Crippen LogP contribution in [-0.4, -0.2) is 9.78 Å². The number of halogens is 1. The zero-order chi connectivity index (χ0) is 9.26. The molecule has 4 heteroatoms. The quantitative estimate of drug-likeness (QED) is 0.868. The molecular formula is C9H14BrN3. The van der Waals surface area contributed by atoms with Crippen molar-refractivity contribution in [2.24, 2.45) is 5.92 Å². The number of anilines is 1. The van der Waals surface area contributed by atoms with Crippen molar-refractivity contribution in [3.8, 4) is 0 Å². The number of nitrogens with two attached hydrogens (primary N) is 1. The van der Waals surface area contributed by atoms with E-state index in [-0.39, 0.29) is 0 Å². The summed E-state index contributed by atoms with van der Waals surface area (Å²) in [7, 11) is 0. The van der Waals surface area contributed by atoms with Crippen molar-refractivity contribution >= 4 is 21.7 Å². The Morgan fingerprint density at radius 2 is 2.23 bits per heavy atom. The maximum atomic E-state index is 5.83. The third kappa shape index (κ3) is 1.88. The Labute approximate surface area is 86.4 Å². The summed E-state index contributed by atoms with van der Waals surface area (Å²) in [5, 5.41) is 4.22. The van der Waals surface area contributed by atoms with Gasteiger partial charge in [0.25, 0.3) is 0 Å². The molecule has 0 bridgehead atoms. The maximum absolute atomic E-state index is 5.83. The van der Waals surface area contributed by atoms with E-state index in [4.69, 9.17) is 5.73 Å². The average Bonchev–Trinajstić information content (AvgIpc) is 2.71. The number of nitrogen functional groups attached to an aromatic ring is 1. The topological polar surface area (TPSA) is 43.8 Å². The van der Waals surface area contributed by atoms with Crippen molar-refractivity contribution < 1.29 is 0 Å². The standard InChI is InChI=1S/C9H14BrN3/c10-8-5-12-13(9(8)11)6-7-3-1-2-4-7/h5,7H,1-4,6,11H2. The molecule has 3 nitrogen and oxygen atoms in total. The molecule has 0 saturated heterocycles. The minimum Gasteiger partial charge on any atom is -0.383 e. The summed E-state index contributed by atoms with van der Waals surface area (Å²) in [6.07, 6.45) is 7.16. The first kappa shape index (κ1) is 9.06. The van der Waals surface area contributed by atoms with Gasteiger partial charge in [-0.25, -0.2) is 4.68 Å². The first-order valence-corrected chi connectivity index (χ1v) is 5.53. The summed E-state index contributed by atoms with van der Waals surface area (Å²) in [6, 6.07) is 0. The van der Waals surface area contributed by atoms with Gasteiger partial charge in [0.1, 0.15) is 5.82 Å². The highest BCUT2D eigenvalue weighted by Gasteiger charge is 2.17. The normalized spacial score (nSPS) is 18.2. The monoisotopic (exact) mass is 243 g/mol. The third-order valence-corrected chi connectivity index (χ3v) is 3.35. The largest absolute Gasteiger partial charge is 0.383 e. The predicted octanol–water partition coefficient (Wildman–Crippen LogP) is 2.42. The second-order valence-corrected chi connectivity index (χ2v) is 4.56. The molecule has 1 aliphatic carbocycles. The predicted molar refractivity (Wildman–Crippen MR) is 56.3 cm³/mol. The highest BCUT2D eigenvalue weighted by molar-refractivity contribution is 9.10. The molecule has 72 valence electrons. The van der Waals surface area contributed by atoms with Crippen LogP contribution < -0.4 is 5.73 Å². The van der Waals surface area contributed by atoms with Gasteiger partial charge in [-0.1, -0.05) is 12.8 Å². The molecule has 1 aliphatic rings. The van der Waals surface area contributed by atoms with E-state index in [1.165, 1.54) is 25.7 Å². The van der Waals surface area contributed by atoms with Gasteiger partial charge < -0.3 is 5.73 Å². The Morgan fingerprint density at radius 1 is 1.54 bits per heavy atom. The zero-order valence-electron chi connectivity index (χ0n) is 7.54. The van der Waals surface area contributed by atoms with Crippen LogP contribution in [0.15, 0.2) is 10.7 Å². The van der Waals surface area contributed by atoms with E-state index in [0.29, 0.717) is 0 Å². The average molecular weight is 244 g/mol. The first-order valence-electron chi connectivity index (χ1n) is 4.74. The molecule has 0 aliphatic heterocycles. The van der Waals surface area contributed by atoms with Crippen molar-refractivity contribution in [3.05, 3.63) is 10.7 Å². The highest BCUT2D eigenvalue weighted by Crippen LogP contribution is 2.28. The SMILES string of the molecule is Nc1c(Br)cnn1CC1CCCC1. The summed E-state index contributed by atoms with van der Waals surface area (Å²) in [5.74, 6) is 1.54. The van der Waals surface area contributed by atoms with E-state index in [1.54, 1.807) is 6.20 Å². The van der Waals surface area contributed by atoms with Crippen LogP contribution in [0.25, 0.3) is 0 Å². The van der Waals surface area contributed by atoms with E-state index >= 15 is 0 Å². The highest BCUT2D eigenvalue weighted by atomic mass is 79.9. The van der Waals surface area contributed by atoms with Gasteiger partial charge in [0.05, 0.1) is 10.7 Å². The maximum Gasteiger partial charge on any atom is 0.136 e. The van der Waals surface area contributed by atoms with Gasteiger partial charge >= 0.3 is 0 Å². The van der Waals surface area contributed by atoms with Crippen LogP contribution in [-0.2, 0) is 6.54 Å². The van der Waals surface area contributed by atoms with Gasteiger partial charge in [0.2, 0.25) is 0 Å². The van der Waals surface area contributed by atoms with E-state index in [2.05, 4.69) is 21.0 Å². The van der Waals surface area contributed by atoms with Gasteiger partial charge in [-0.15, -0.1) is 0 Å².